The highest BCUT2D eigenvalue weighted by molar-refractivity contribution is 7.89. The molecule has 5 atom stereocenters. The van der Waals surface area contributed by atoms with Crippen LogP contribution in [0.3, 0.4) is 0 Å². The minimum Gasteiger partial charge on any atom is -0.459 e. The third-order valence-corrected chi connectivity index (χ3v) is 10.9. The average molecular weight is 713 g/mol. The van der Waals surface area contributed by atoms with Gasteiger partial charge in [-0.25, -0.2) is 13.1 Å². The molecule has 2 fully saturated rings. The summed E-state index contributed by atoms with van der Waals surface area (Å²) in [5.74, 6) is -0.240. The highest BCUT2D eigenvalue weighted by atomic mass is 32.2. The van der Waals surface area contributed by atoms with Crippen LogP contribution in [0, 0.1) is 5.92 Å². The van der Waals surface area contributed by atoms with Crippen molar-refractivity contribution >= 4 is 16.0 Å². The lowest BCUT2D eigenvalue weighted by atomic mass is 9.89. The molecule has 0 radical (unpaired) electrons. The van der Waals surface area contributed by atoms with Crippen molar-refractivity contribution in [1.29, 1.82) is 0 Å². The van der Waals surface area contributed by atoms with Crippen molar-refractivity contribution < 1.29 is 32.5 Å². The summed E-state index contributed by atoms with van der Waals surface area (Å²) in [5.41, 5.74) is 4.80. The summed E-state index contributed by atoms with van der Waals surface area (Å²) in [5, 5.41) is 9.65. The first-order valence-electron chi connectivity index (χ1n) is 17.6. The van der Waals surface area contributed by atoms with E-state index in [-0.39, 0.29) is 48.2 Å². The third kappa shape index (κ3) is 9.13. The van der Waals surface area contributed by atoms with Gasteiger partial charge in [-0.1, -0.05) is 85.8 Å². The summed E-state index contributed by atoms with van der Waals surface area (Å²) in [6.45, 7) is 9.24. The SMILES string of the molecule is C[C@@H]1[C@H](CN2CCC[C@H]2C(=O)OC(C)(C)C)O[C@H](c2cccc(-c3cccc(CNS(=O)(=O)c4ccccc4)c3)c2)O[C@@H]1c1ccc(CO)cc1. The van der Waals surface area contributed by atoms with Gasteiger partial charge in [0.2, 0.25) is 10.0 Å². The van der Waals surface area contributed by atoms with Gasteiger partial charge in [-0.15, -0.1) is 0 Å². The predicted octanol–water partition coefficient (Wildman–Crippen LogP) is 6.92. The van der Waals surface area contributed by atoms with Crippen LogP contribution in [-0.4, -0.2) is 55.2 Å². The number of ether oxygens (including phenoxy) is 3. The van der Waals surface area contributed by atoms with E-state index in [1.54, 1.807) is 30.3 Å². The smallest absolute Gasteiger partial charge is 0.323 e. The van der Waals surface area contributed by atoms with Crippen molar-refractivity contribution in [2.75, 3.05) is 13.1 Å². The number of hydrogen-bond acceptors (Lipinski definition) is 8. The van der Waals surface area contributed by atoms with E-state index < -0.39 is 21.9 Å². The van der Waals surface area contributed by atoms with E-state index in [2.05, 4.69) is 22.6 Å². The van der Waals surface area contributed by atoms with E-state index in [1.165, 1.54) is 0 Å². The fourth-order valence-electron chi connectivity index (χ4n) is 6.83. The predicted molar refractivity (Wildman–Crippen MR) is 196 cm³/mol. The number of rotatable bonds is 11. The van der Waals surface area contributed by atoms with Crippen LogP contribution in [0.2, 0.25) is 0 Å². The normalized spacial score (nSPS) is 22.9. The van der Waals surface area contributed by atoms with Crippen molar-refractivity contribution in [2.24, 2.45) is 5.92 Å². The first-order chi connectivity index (χ1) is 24.4. The Balaban J connectivity index is 1.24. The number of aliphatic hydroxyl groups is 1. The molecule has 0 amide bonds. The van der Waals surface area contributed by atoms with Crippen LogP contribution in [0.5, 0.6) is 0 Å². The van der Waals surface area contributed by atoms with E-state index in [1.807, 2.05) is 87.5 Å². The molecule has 9 nitrogen and oxygen atoms in total. The Labute approximate surface area is 301 Å². The molecule has 10 heteroatoms. The first kappa shape index (κ1) is 36.9. The summed E-state index contributed by atoms with van der Waals surface area (Å²) in [6.07, 6.45) is 0.424. The zero-order valence-electron chi connectivity index (χ0n) is 29.7. The second kappa shape index (κ2) is 15.8. The second-order valence-corrected chi connectivity index (χ2v) is 16.2. The number of hydrogen-bond donors (Lipinski definition) is 2. The molecular formula is C41H48N2O7S. The quantitative estimate of drug-likeness (QED) is 0.161. The molecule has 0 saturated carbocycles. The number of aliphatic hydroxyl groups excluding tert-OH is 1. The topological polar surface area (TPSA) is 114 Å². The standard InChI is InChI=1S/C41H48N2O7S/c1-28-37(26-43-22-10-17-36(43)39(45)50-41(2,3)4)48-40(49-38(28)31-20-18-29(27-44)19-21-31)34-14-9-13-33(24-34)32-12-8-11-30(23-32)25-42-51(46,47)35-15-6-5-7-16-35/h5-9,11-16,18-21,23-24,28,36-38,40,42,44H,10,17,22,25-27H2,1-4H3/t28-,36+,37+,38+,40+/m1/s1. The van der Waals surface area contributed by atoms with Gasteiger partial charge in [0, 0.05) is 24.6 Å². The van der Waals surface area contributed by atoms with Gasteiger partial charge in [0.05, 0.1) is 23.7 Å². The van der Waals surface area contributed by atoms with Gasteiger partial charge in [-0.2, -0.15) is 0 Å². The molecule has 2 saturated heterocycles. The van der Waals surface area contributed by atoms with Gasteiger partial charge < -0.3 is 19.3 Å². The van der Waals surface area contributed by atoms with E-state index in [4.69, 9.17) is 14.2 Å². The van der Waals surface area contributed by atoms with E-state index in [9.17, 15) is 18.3 Å². The van der Waals surface area contributed by atoms with Crippen molar-refractivity contribution in [3.8, 4) is 11.1 Å². The average Bonchev–Trinajstić information content (AvgIpc) is 3.60. The summed E-state index contributed by atoms with van der Waals surface area (Å²) < 4.78 is 47.7. The summed E-state index contributed by atoms with van der Waals surface area (Å²) in [6, 6.07) is 31.7. The zero-order valence-corrected chi connectivity index (χ0v) is 30.5. The van der Waals surface area contributed by atoms with E-state index in [0.29, 0.717) is 6.54 Å². The number of carbonyl (C=O) groups excluding carboxylic acids is 1. The van der Waals surface area contributed by atoms with Crippen LogP contribution in [0.15, 0.2) is 108 Å². The third-order valence-electron chi connectivity index (χ3n) is 9.52. The molecule has 2 aliphatic heterocycles. The van der Waals surface area contributed by atoms with E-state index in [0.717, 1.165) is 52.8 Å². The van der Waals surface area contributed by atoms with Crippen LogP contribution in [0.1, 0.15) is 75.2 Å². The molecule has 0 bridgehead atoms. The van der Waals surface area contributed by atoms with Gasteiger partial charge in [0.15, 0.2) is 6.29 Å². The molecule has 2 N–H and O–H groups in total. The van der Waals surface area contributed by atoms with Gasteiger partial charge in [-0.3, -0.25) is 9.69 Å². The largest absolute Gasteiger partial charge is 0.459 e. The maximum absolute atomic E-state index is 13.2. The Morgan fingerprint density at radius 3 is 2.29 bits per heavy atom. The highest BCUT2D eigenvalue weighted by Crippen LogP contribution is 2.43. The van der Waals surface area contributed by atoms with Crippen LogP contribution >= 0.6 is 0 Å². The zero-order chi connectivity index (χ0) is 36.2. The molecule has 4 aromatic carbocycles. The Bertz CT molecular complexity index is 1890. The number of benzene rings is 4. The molecule has 2 aliphatic rings. The van der Waals surface area contributed by atoms with Crippen molar-refractivity contribution in [3.05, 3.63) is 125 Å². The molecule has 270 valence electrons. The fourth-order valence-corrected chi connectivity index (χ4v) is 7.87. The Morgan fingerprint density at radius 2 is 1.59 bits per heavy atom. The second-order valence-electron chi connectivity index (χ2n) is 14.5. The maximum atomic E-state index is 13.2. The number of sulfonamides is 1. The van der Waals surface area contributed by atoms with Crippen LogP contribution in [0.4, 0.5) is 0 Å². The molecule has 0 spiro atoms. The van der Waals surface area contributed by atoms with Crippen molar-refractivity contribution in [1.82, 2.24) is 9.62 Å². The highest BCUT2D eigenvalue weighted by Gasteiger charge is 2.42. The van der Waals surface area contributed by atoms with Crippen LogP contribution in [-0.2, 0) is 42.2 Å². The fraction of sp³-hybridized carbons (Fsp3) is 0.390. The van der Waals surface area contributed by atoms with Gasteiger partial charge in [0.1, 0.15) is 11.6 Å². The van der Waals surface area contributed by atoms with E-state index >= 15 is 0 Å². The summed E-state index contributed by atoms with van der Waals surface area (Å²) >= 11 is 0. The van der Waals surface area contributed by atoms with Crippen molar-refractivity contribution in [2.45, 2.75) is 88.7 Å². The molecule has 0 aromatic heterocycles. The maximum Gasteiger partial charge on any atom is 0.323 e. The van der Waals surface area contributed by atoms with Gasteiger partial charge in [-0.05, 0) is 92.2 Å². The van der Waals surface area contributed by atoms with Crippen molar-refractivity contribution in [3.63, 3.8) is 0 Å². The first-order valence-corrected chi connectivity index (χ1v) is 19.1. The molecule has 0 aliphatic carbocycles. The minimum atomic E-state index is -3.65. The summed E-state index contributed by atoms with van der Waals surface area (Å²) in [4.78, 5) is 15.6. The lowest BCUT2D eigenvalue weighted by molar-refractivity contribution is -0.276. The monoisotopic (exact) mass is 712 g/mol. The summed E-state index contributed by atoms with van der Waals surface area (Å²) in [7, 11) is -3.65. The molecule has 2 heterocycles. The molecule has 0 unspecified atom stereocenters. The van der Waals surface area contributed by atoms with Crippen LogP contribution in [0.25, 0.3) is 11.1 Å². The molecule has 4 aromatic rings. The number of carbonyl (C=O) groups is 1. The minimum absolute atomic E-state index is 0.0381. The Kier molecular flexibility index (Phi) is 11.4. The number of likely N-dealkylation sites (tertiary alicyclic amines) is 1. The van der Waals surface area contributed by atoms with Gasteiger partial charge >= 0.3 is 5.97 Å². The van der Waals surface area contributed by atoms with Crippen LogP contribution < -0.4 is 4.72 Å². The number of nitrogens with one attached hydrogen (secondary N) is 1. The lowest BCUT2D eigenvalue weighted by Crippen LogP contribution is -2.48. The molecule has 51 heavy (non-hydrogen) atoms. The van der Waals surface area contributed by atoms with Gasteiger partial charge in [0.25, 0.3) is 0 Å². The number of nitrogens with zero attached hydrogens (tertiary/aromatic N) is 1. The molecule has 6 rings (SSSR count). The Morgan fingerprint density at radius 1 is 0.882 bits per heavy atom. The molecular weight excluding hydrogens is 665 g/mol. The number of esters is 1. The lowest BCUT2D eigenvalue weighted by Gasteiger charge is -2.43. The Hall–Kier alpha value is -3.90.